The Kier molecular flexibility index (Phi) is 6.28. The molecule has 0 aromatic heterocycles. The van der Waals surface area contributed by atoms with Crippen LogP contribution in [0.3, 0.4) is 0 Å². The van der Waals surface area contributed by atoms with E-state index in [1.54, 1.807) is 30.3 Å². The van der Waals surface area contributed by atoms with Crippen molar-refractivity contribution < 1.29 is 23.1 Å². The molecule has 0 aliphatic carbocycles. The highest BCUT2D eigenvalue weighted by Gasteiger charge is 2.35. The van der Waals surface area contributed by atoms with Gasteiger partial charge in [-0.05, 0) is 19.4 Å². The van der Waals surface area contributed by atoms with Crippen LogP contribution in [0.5, 0.6) is 0 Å². The third-order valence-electron chi connectivity index (χ3n) is 3.73. The molecule has 1 rings (SSSR count). The maximum Gasteiger partial charge on any atom is 0.315 e. The molecule has 0 heterocycles. The van der Waals surface area contributed by atoms with Crippen molar-refractivity contribution in [3.05, 3.63) is 35.9 Å². The molecular formula is C15H22N2O5S. The Morgan fingerprint density at radius 1 is 1.26 bits per heavy atom. The van der Waals surface area contributed by atoms with Gasteiger partial charge in [0.15, 0.2) is 0 Å². The molecule has 1 unspecified atom stereocenters. The van der Waals surface area contributed by atoms with Gasteiger partial charge in [0.05, 0.1) is 12.3 Å². The zero-order valence-electron chi connectivity index (χ0n) is 13.4. The number of aliphatic carboxylic acids is 1. The monoisotopic (exact) mass is 342 g/mol. The molecule has 0 aliphatic rings. The summed E-state index contributed by atoms with van der Waals surface area (Å²) in [5.74, 6) is -1.72. The second-order valence-electron chi connectivity index (χ2n) is 5.44. The van der Waals surface area contributed by atoms with Gasteiger partial charge in [0.2, 0.25) is 15.9 Å². The number of carbonyl (C=O) groups is 2. The normalized spacial score (nSPS) is 14.3. The zero-order chi connectivity index (χ0) is 17.7. The van der Waals surface area contributed by atoms with E-state index in [2.05, 4.69) is 5.32 Å². The Labute approximate surface area is 136 Å². The average Bonchev–Trinajstić information content (AvgIpc) is 2.53. The Morgan fingerprint density at radius 3 is 2.30 bits per heavy atom. The van der Waals surface area contributed by atoms with Crippen LogP contribution in [0.25, 0.3) is 0 Å². The lowest BCUT2D eigenvalue weighted by Crippen LogP contribution is -2.47. The molecule has 1 atom stereocenters. The fraction of sp³-hybridized carbons (Fsp3) is 0.467. The van der Waals surface area contributed by atoms with Crippen molar-refractivity contribution in [3.63, 3.8) is 0 Å². The smallest absolute Gasteiger partial charge is 0.315 e. The molecule has 0 saturated heterocycles. The molecule has 0 aliphatic heterocycles. The number of nitrogens with one attached hydrogen (secondary N) is 1. The van der Waals surface area contributed by atoms with Crippen LogP contribution in [0.1, 0.15) is 19.4 Å². The van der Waals surface area contributed by atoms with Crippen LogP contribution in [-0.2, 0) is 25.0 Å². The van der Waals surface area contributed by atoms with Crippen LogP contribution in [0.4, 0.5) is 0 Å². The lowest BCUT2D eigenvalue weighted by molar-refractivity contribution is -0.143. The van der Waals surface area contributed by atoms with Gasteiger partial charge in [0.25, 0.3) is 0 Å². The number of hydrogen-bond acceptors (Lipinski definition) is 4. The van der Waals surface area contributed by atoms with Gasteiger partial charge in [-0.1, -0.05) is 30.3 Å². The molecule has 0 spiro atoms. The van der Waals surface area contributed by atoms with E-state index in [0.29, 0.717) is 5.56 Å². The number of carboxylic acids is 1. The number of likely N-dealkylation sites (N-methyl/N-ethyl adjacent to an activating group) is 1. The maximum atomic E-state index is 11.9. The van der Waals surface area contributed by atoms with Crippen molar-refractivity contribution in [2.45, 2.75) is 19.3 Å². The summed E-state index contributed by atoms with van der Waals surface area (Å²) in [4.78, 5) is 23.5. The first-order valence-corrected chi connectivity index (χ1v) is 8.74. The SMILES string of the molecule is CCS(=O)(=O)N(C)CC(=O)NCC(C)(C(=O)O)c1ccccc1. The van der Waals surface area contributed by atoms with Crippen LogP contribution >= 0.6 is 0 Å². The molecule has 0 saturated carbocycles. The Bertz CT molecular complexity index is 660. The number of rotatable bonds is 8. The molecule has 0 fully saturated rings. The van der Waals surface area contributed by atoms with Gasteiger partial charge in [0, 0.05) is 13.6 Å². The maximum absolute atomic E-state index is 11.9. The zero-order valence-corrected chi connectivity index (χ0v) is 14.3. The third kappa shape index (κ3) is 4.77. The average molecular weight is 342 g/mol. The number of nitrogens with zero attached hydrogens (tertiary/aromatic N) is 1. The molecule has 8 heteroatoms. The molecule has 23 heavy (non-hydrogen) atoms. The van der Waals surface area contributed by atoms with Crippen molar-refractivity contribution in [2.24, 2.45) is 0 Å². The van der Waals surface area contributed by atoms with Gasteiger partial charge in [-0.3, -0.25) is 9.59 Å². The molecule has 0 bridgehead atoms. The molecule has 1 aromatic carbocycles. The molecule has 128 valence electrons. The lowest BCUT2D eigenvalue weighted by Gasteiger charge is -2.26. The van der Waals surface area contributed by atoms with Gasteiger partial charge in [-0.15, -0.1) is 0 Å². The quantitative estimate of drug-likeness (QED) is 0.713. The van der Waals surface area contributed by atoms with E-state index >= 15 is 0 Å². The summed E-state index contributed by atoms with van der Waals surface area (Å²) in [6.45, 7) is 2.52. The van der Waals surface area contributed by atoms with Gasteiger partial charge in [-0.2, -0.15) is 4.31 Å². The largest absolute Gasteiger partial charge is 0.481 e. The van der Waals surface area contributed by atoms with Gasteiger partial charge < -0.3 is 10.4 Å². The number of carbonyl (C=O) groups excluding carboxylic acids is 1. The van der Waals surface area contributed by atoms with Crippen molar-refractivity contribution in [1.82, 2.24) is 9.62 Å². The molecular weight excluding hydrogens is 320 g/mol. The molecule has 1 amide bonds. The van der Waals surface area contributed by atoms with Gasteiger partial charge in [0.1, 0.15) is 5.41 Å². The Morgan fingerprint density at radius 2 is 1.83 bits per heavy atom. The first-order chi connectivity index (χ1) is 10.6. The topological polar surface area (TPSA) is 104 Å². The summed E-state index contributed by atoms with van der Waals surface area (Å²) in [5.41, 5.74) is -0.735. The van der Waals surface area contributed by atoms with E-state index in [4.69, 9.17) is 0 Å². The minimum Gasteiger partial charge on any atom is -0.481 e. The first kappa shape index (κ1) is 19.1. The number of carboxylic acid groups (broad SMARTS) is 1. The lowest BCUT2D eigenvalue weighted by atomic mass is 9.82. The van der Waals surface area contributed by atoms with Gasteiger partial charge in [-0.25, -0.2) is 8.42 Å². The van der Waals surface area contributed by atoms with Crippen molar-refractivity contribution >= 4 is 21.9 Å². The van der Waals surface area contributed by atoms with E-state index in [0.717, 1.165) is 4.31 Å². The van der Waals surface area contributed by atoms with E-state index in [-0.39, 0.29) is 18.8 Å². The number of hydrogen-bond donors (Lipinski definition) is 2. The number of amides is 1. The van der Waals surface area contributed by atoms with Crippen molar-refractivity contribution in [3.8, 4) is 0 Å². The molecule has 1 aromatic rings. The minimum absolute atomic E-state index is 0.104. The predicted molar refractivity (Wildman–Crippen MR) is 86.5 cm³/mol. The van der Waals surface area contributed by atoms with Gasteiger partial charge >= 0.3 is 5.97 Å². The standard InChI is InChI=1S/C15H22N2O5S/c1-4-23(21,22)17(3)10-13(18)16-11-15(2,14(19)20)12-8-6-5-7-9-12/h5-9H,4,10-11H2,1-3H3,(H,16,18)(H,19,20). The van der Waals surface area contributed by atoms with Crippen LogP contribution in [0.2, 0.25) is 0 Å². The highest BCUT2D eigenvalue weighted by atomic mass is 32.2. The fourth-order valence-electron chi connectivity index (χ4n) is 1.96. The summed E-state index contributed by atoms with van der Waals surface area (Å²) < 4.78 is 24.2. The van der Waals surface area contributed by atoms with Crippen molar-refractivity contribution in [1.29, 1.82) is 0 Å². The van der Waals surface area contributed by atoms with E-state index in [1.165, 1.54) is 20.9 Å². The van der Waals surface area contributed by atoms with Crippen LogP contribution in [-0.4, -0.2) is 55.6 Å². The second-order valence-corrected chi connectivity index (χ2v) is 7.80. The molecule has 0 radical (unpaired) electrons. The summed E-state index contributed by atoms with van der Waals surface area (Å²) in [7, 11) is -2.15. The second kappa shape index (κ2) is 7.56. The van der Waals surface area contributed by atoms with Crippen molar-refractivity contribution in [2.75, 3.05) is 25.9 Å². The Balaban J connectivity index is 2.78. The number of sulfonamides is 1. The minimum atomic E-state index is -3.46. The summed E-state index contributed by atoms with van der Waals surface area (Å²) >= 11 is 0. The molecule has 2 N–H and O–H groups in total. The summed E-state index contributed by atoms with van der Waals surface area (Å²) in [6.07, 6.45) is 0. The predicted octanol–water partition coefficient (Wildman–Crippen LogP) is 0.427. The summed E-state index contributed by atoms with van der Waals surface area (Å²) in [5, 5.41) is 12.0. The Hall–Kier alpha value is -1.93. The van der Waals surface area contributed by atoms with Crippen LogP contribution in [0, 0.1) is 0 Å². The van der Waals surface area contributed by atoms with E-state index in [9.17, 15) is 23.1 Å². The third-order valence-corrected chi connectivity index (χ3v) is 5.54. The number of benzene rings is 1. The van der Waals surface area contributed by atoms with Crippen LogP contribution < -0.4 is 5.32 Å². The van der Waals surface area contributed by atoms with E-state index < -0.39 is 27.3 Å². The highest BCUT2D eigenvalue weighted by Crippen LogP contribution is 2.23. The summed E-state index contributed by atoms with van der Waals surface area (Å²) in [6, 6.07) is 8.57. The molecule has 7 nitrogen and oxygen atoms in total. The highest BCUT2D eigenvalue weighted by molar-refractivity contribution is 7.89. The fourth-order valence-corrected chi connectivity index (χ4v) is 2.71. The van der Waals surface area contributed by atoms with E-state index in [1.807, 2.05) is 0 Å². The first-order valence-electron chi connectivity index (χ1n) is 7.13. The van der Waals surface area contributed by atoms with Crippen LogP contribution in [0.15, 0.2) is 30.3 Å².